The summed E-state index contributed by atoms with van der Waals surface area (Å²) in [5.74, 6) is 1.05. The van der Waals surface area contributed by atoms with E-state index in [1.807, 2.05) is 55.8 Å². The number of aromatic amines is 2. The van der Waals surface area contributed by atoms with Gasteiger partial charge >= 0.3 is 0 Å². The number of hydrogen-bond donors (Lipinski definition) is 3. The van der Waals surface area contributed by atoms with Crippen LogP contribution in [-0.4, -0.2) is 50.6 Å². The molecule has 178 valence electrons. The minimum atomic E-state index is -0.131. The highest BCUT2D eigenvalue weighted by atomic mass is 16.1. The molecule has 0 aromatic carbocycles. The average molecular weight is 479 g/mol. The fourth-order valence-electron chi connectivity index (χ4n) is 3.92. The molecule has 0 spiro atoms. The van der Waals surface area contributed by atoms with Crippen LogP contribution in [-0.2, 0) is 4.79 Å². The van der Waals surface area contributed by atoms with Gasteiger partial charge in [-0.25, -0.2) is 19.9 Å². The van der Waals surface area contributed by atoms with E-state index in [9.17, 15) is 4.79 Å². The number of aromatic nitrogens is 9. The lowest BCUT2D eigenvalue weighted by Gasteiger charge is -2.08. The number of fused-ring (bicyclic) bond motifs is 2. The number of aryl methyl sites for hydroxylation is 1. The molecule has 0 aliphatic heterocycles. The molecule has 0 bridgehead atoms. The van der Waals surface area contributed by atoms with Gasteiger partial charge in [-0.3, -0.25) is 19.4 Å². The van der Waals surface area contributed by atoms with Crippen molar-refractivity contribution < 1.29 is 4.79 Å². The molecule has 36 heavy (non-hydrogen) atoms. The summed E-state index contributed by atoms with van der Waals surface area (Å²) in [6.45, 7) is 5.61. The Morgan fingerprint density at radius 3 is 2.75 bits per heavy atom. The molecule has 0 radical (unpaired) electrons. The van der Waals surface area contributed by atoms with Crippen LogP contribution >= 0.6 is 0 Å². The molecule has 1 amide bonds. The number of imidazole rings is 2. The van der Waals surface area contributed by atoms with Gasteiger partial charge in [-0.1, -0.05) is 13.8 Å². The SMILES string of the molecule is Cc1cn(-c2nccc3[nH]c(-c4n[nH]c5ccc(-c6cncc(NC(=O)C(C)C)c6)nc45)nc23)cn1. The van der Waals surface area contributed by atoms with Crippen molar-refractivity contribution in [2.45, 2.75) is 20.8 Å². The Balaban J connectivity index is 1.41. The van der Waals surface area contributed by atoms with Crippen LogP contribution in [0.4, 0.5) is 5.69 Å². The van der Waals surface area contributed by atoms with Crippen molar-refractivity contribution in [2.75, 3.05) is 5.32 Å². The minimum Gasteiger partial charge on any atom is -0.336 e. The zero-order valence-corrected chi connectivity index (χ0v) is 19.8. The van der Waals surface area contributed by atoms with E-state index >= 15 is 0 Å². The maximum Gasteiger partial charge on any atom is 0.226 e. The third-order valence-corrected chi connectivity index (χ3v) is 5.80. The molecule has 6 heterocycles. The predicted molar refractivity (Wildman–Crippen MR) is 135 cm³/mol. The molecular weight excluding hydrogens is 456 g/mol. The summed E-state index contributed by atoms with van der Waals surface area (Å²) in [6.07, 6.45) is 8.68. The summed E-state index contributed by atoms with van der Waals surface area (Å²) >= 11 is 0. The van der Waals surface area contributed by atoms with Gasteiger partial charge in [-0.2, -0.15) is 5.10 Å². The third kappa shape index (κ3) is 3.76. The van der Waals surface area contributed by atoms with Gasteiger partial charge in [-0.05, 0) is 31.2 Å². The number of carbonyl (C=O) groups excluding carboxylic acids is 1. The van der Waals surface area contributed by atoms with Crippen molar-refractivity contribution in [1.82, 2.24) is 44.7 Å². The number of anilines is 1. The van der Waals surface area contributed by atoms with Crippen LogP contribution < -0.4 is 5.32 Å². The number of amides is 1. The number of nitrogens with one attached hydrogen (secondary N) is 3. The number of nitrogens with zero attached hydrogens (tertiary/aromatic N) is 7. The van der Waals surface area contributed by atoms with E-state index in [2.05, 4.69) is 35.5 Å². The summed E-state index contributed by atoms with van der Waals surface area (Å²) in [5, 5.41) is 10.4. The normalized spacial score (nSPS) is 11.6. The van der Waals surface area contributed by atoms with Crippen LogP contribution in [0.1, 0.15) is 19.5 Å². The van der Waals surface area contributed by atoms with Crippen LogP contribution in [0.2, 0.25) is 0 Å². The number of rotatable bonds is 5. The van der Waals surface area contributed by atoms with Crippen molar-refractivity contribution in [2.24, 2.45) is 5.92 Å². The molecule has 0 fully saturated rings. The van der Waals surface area contributed by atoms with E-state index in [0.717, 1.165) is 22.3 Å². The average Bonchev–Trinajstić information content (AvgIpc) is 3.61. The maximum absolute atomic E-state index is 12.1. The van der Waals surface area contributed by atoms with Crippen molar-refractivity contribution in [3.63, 3.8) is 0 Å². The topological polar surface area (TPSA) is 143 Å². The first kappa shape index (κ1) is 21.6. The molecule has 0 atom stereocenters. The van der Waals surface area contributed by atoms with E-state index in [4.69, 9.17) is 9.97 Å². The van der Waals surface area contributed by atoms with Crippen molar-refractivity contribution >= 4 is 33.7 Å². The quantitative estimate of drug-likeness (QED) is 0.339. The summed E-state index contributed by atoms with van der Waals surface area (Å²) in [7, 11) is 0. The third-order valence-electron chi connectivity index (χ3n) is 5.80. The maximum atomic E-state index is 12.1. The second-order valence-corrected chi connectivity index (χ2v) is 8.81. The van der Waals surface area contributed by atoms with Gasteiger partial charge in [0.15, 0.2) is 17.3 Å². The highest BCUT2D eigenvalue weighted by Gasteiger charge is 2.18. The molecule has 6 aromatic rings. The second-order valence-electron chi connectivity index (χ2n) is 8.81. The number of pyridine rings is 3. The van der Waals surface area contributed by atoms with Crippen molar-refractivity contribution in [3.8, 4) is 28.6 Å². The highest BCUT2D eigenvalue weighted by Crippen LogP contribution is 2.29. The minimum absolute atomic E-state index is 0.0703. The lowest BCUT2D eigenvalue weighted by molar-refractivity contribution is -0.118. The molecular formula is C25H22N10O. The predicted octanol–water partition coefficient (Wildman–Crippen LogP) is 4.05. The van der Waals surface area contributed by atoms with Gasteiger partial charge in [0.05, 0.1) is 34.3 Å². The number of H-pyrrole nitrogens is 2. The molecule has 3 N–H and O–H groups in total. The summed E-state index contributed by atoms with van der Waals surface area (Å²) in [5.41, 5.74) is 6.54. The zero-order valence-electron chi connectivity index (χ0n) is 19.8. The van der Waals surface area contributed by atoms with Crippen LogP contribution in [0.3, 0.4) is 0 Å². The van der Waals surface area contributed by atoms with Gasteiger partial charge in [0.25, 0.3) is 0 Å². The monoisotopic (exact) mass is 478 g/mol. The fraction of sp³-hybridized carbons (Fsp3) is 0.160. The lowest BCUT2D eigenvalue weighted by Crippen LogP contribution is -2.17. The molecule has 6 rings (SSSR count). The Kier molecular flexibility index (Phi) is 5.03. The highest BCUT2D eigenvalue weighted by molar-refractivity contribution is 5.94. The number of carbonyl (C=O) groups is 1. The number of hydrogen-bond acceptors (Lipinski definition) is 7. The molecule has 0 aliphatic carbocycles. The standard InChI is InChI=1S/C25H22N10O/c1-13(2)25(36)29-16-8-15(9-26-10-16)17-4-5-19-20(30-17)22(34-33-19)23-31-18-6-7-27-24(21(18)32-23)35-11-14(3)28-12-35/h4-13H,1-3H3,(H,29,36)(H,31,32)(H,33,34). The Morgan fingerprint density at radius 2 is 1.94 bits per heavy atom. The van der Waals surface area contributed by atoms with E-state index in [1.54, 1.807) is 24.9 Å². The summed E-state index contributed by atoms with van der Waals surface area (Å²) < 4.78 is 1.85. The van der Waals surface area contributed by atoms with Crippen LogP contribution in [0.25, 0.3) is 50.7 Å². The van der Waals surface area contributed by atoms with Gasteiger partial charge in [-0.15, -0.1) is 0 Å². The first-order valence-electron chi connectivity index (χ1n) is 11.4. The van der Waals surface area contributed by atoms with Crippen LogP contribution in [0.15, 0.2) is 55.4 Å². The molecule has 11 nitrogen and oxygen atoms in total. The van der Waals surface area contributed by atoms with Gasteiger partial charge in [0.1, 0.15) is 17.4 Å². The molecule has 0 saturated heterocycles. The molecule has 6 aromatic heterocycles. The van der Waals surface area contributed by atoms with Crippen molar-refractivity contribution in [1.29, 1.82) is 0 Å². The summed E-state index contributed by atoms with van der Waals surface area (Å²) in [6, 6.07) is 7.53. The van der Waals surface area contributed by atoms with E-state index in [0.29, 0.717) is 39.8 Å². The van der Waals surface area contributed by atoms with Crippen LogP contribution in [0.5, 0.6) is 0 Å². The first-order chi connectivity index (χ1) is 17.5. The van der Waals surface area contributed by atoms with E-state index in [1.165, 1.54) is 0 Å². The largest absolute Gasteiger partial charge is 0.336 e. The van der Waals surface area contributed by atoms with E-state index < -0.39 is 0 Å². The van der Waals surface area contributed by atoms with Gasteiger partial charge in [0, 0.05) is 30.1 Å². The van der Waals surface area contributed by atoms with Crippen molar-refractivity contribution in [3.05, 3.63) is 61.1 Å². The summed E-state index contributed by atoms with van der Waals surface area (Å²) in [4.78, 5) is 38.2. The van der Waals surface area contributed by atoms with E-state index in [-0.39, 0.29) is 11.8 Å². The molecule has 11 heteroatoms. The molecule has 0 aliphatic rings. The second kappa shape index (κ2) is 8.38. The molecule has 0 unspecified atom stereocenters. The zero-order chi connectivity index (χ0) is 24.8. The molecule has 0 saturated carbocycles. The smallest absolute Gasteiger partial charge is 0.226 e. The van der Waals surface area contributed by atoms with Gasteiger partial charge in [0.2, 0.25) is 5.91 Å². The van der Waals surface area contributed by atoms with Gasteiger partial charge < -0.3 is 10.3 Å². The lowest BCUT2D eigenvalue weighted by atomic mass is 10.1. The fourth-order valence-corrected chi connectivity index (χ4v) is 3.92. The first-order valence-corrected chi connectivity index (χ1v) is 11.4. The Hall–Kier alpha value is -4.93. The Morgan fingerprint density at radius 1 is 1.06 bits per heavy atom. The Bertz CT molecular complexity index is 1740. The Labute approximate surface area is 205 Å². The van der Waals surface area contributed by atoms with Crippen LogP contribution in [0, 0.1) is 12.8 Å².